The Balaban J connectivity index is 2.15. The van der Waals surface area contributed by atoms with Crippen LogP contribution in [0.2, 0.25) is 0 Å². The molecule has 0 saturated carbocycles. The number of ether oxygens (including phenoxy) is 2. The first kappa shape index (κ1) is 15.7. The minimum absolute atomic E-state index is 0.125. The number of H-pyrrole nitrogens is 1. The van der Waals surface area contributed by atoms with E-state index in [9.17, 15) is 13.6 Å². The van der Waals surface area contributed by atoms with E-state index in [-0.39, 0.29) is 23.1 Å². The minimum Gasteiger partial charge on any atom is -0.493 e. The standard InChI is InChI=1S/C14H15F2N3O3/c1-8(10-6-17-18-7-10)19-13(20)9-3-4-11(21-2)12(5-9)22-14(15)16/h3-8,14H,1-2H3,(H,17,18)(H,19,20)/t8-/m0/s1. The highest BCUT2D eigenvalue weighted by molar-refractivity contribution is 5.95. The molecule has 1 aromatic heterocycles. The van der Waals surface area contributed by atoms with Crippen LogP contribution in [0.25, 0.3) is 0 Å². The Bertz CT molecular complexity index is 632. The number of amides is 1. The molecule has 8 heteroatoms. The van der Waals surface area contributed by atoms with Crippen LogP contribution in [0.15, 0.2) is 30.6 Å². The van der Waals surface area contributed by atoms with Crippen molar-refractivity contribution >= 4 is 5.91 Å². The number of hydrogen-bond acceptors (Lipinski definition) is 4. The highest BCUT2D eigenvalue weighted by atomic mass is 19.3. The van der Waals surface area contributed by atoms with Crippen LogP contribution in [0.5, 0.6) is 11.5 Å². The largest absolute Gasteiger partial charge is 0.493 e. The summed E-state index contributed by atoms with van der Waals surface area (Å²) < 4.78 is 34.0. The second kappa shape index (κ2) is 6.88. The molecule has 0 saturated heterocycles. The van der Waals surface area contributed by atoms with Crippen molar-refractivity contribution in [1.82, 2.24) is 15.5 Å². The number of nitrogens with one attached hydrogen (secondary N) is 2. The maximum atomic E-state index is 12.4. The number of carbonyl (C=O) groups excluding carboxylic acids is 1. The van der Waals surface area contributed by atoms with Crippen LogP contribution in [0, 0.1) is 0 Å². The van der Waals surface area contributed by atoms with Crippen LogP contribution in [0.4, 0.5) is 8.78 Å². The van der Waals surface area contributed by atoms with Gasteiger partial charge >= 0.3 is 6.61 Å². The Hall–Kier alpha value is -2.64. The van der Waals surface area contributed by atoms with Gasteiger partial charge in [-0.2, -0.15) is 13.9 Å². The normalized spacial score (nSPS) is 12.0. The lowest BCUT2D eigenvalue weighted by atomic mass is 10.1. The van der Waals surface area contributed by atoms with Crippen molar-refractivity contribution in [3.05, 3.63) is 41.7 Å². The number of carbonyl (C=O) groups is 1. The molecule has 1 amide bonds. The van der Waals surface area contributed by atoms with Crippen molar-refractivity contribution < 1.29 is 23.0 Å². The first-order valence-corrected chi connectivity index (χ1v) is 6.43. The minimum atomic E-state index is -3.00. The zero-order valence-electron chi connectivity index (χ0n) is 12.0. The number of hydrogen-bond donors (Lipinski definition) is 2. The molecule has 0 aliphatic rings. The lowest BCUT2D eigenvalue weighted by molar-refractivity contribution is -0.0512. The molecule has 0 radical (unpaired) electrons. The van der Waals surface area contributed by atoms with Gasteiger partial charge in [0.15, 0.2) is 11.5 Å². The lowest BCUT2D eigenvalue weighted by Gasteiger charge is -2.14. The summed E-state index contributed by atoms with van der Waals surface area (Å²) in [5.41, 5.74) is 0.984. The lowest BCUT2D eigenvalue weighted by Crippen LogP contribution is -2.26. The molecule has 2 N–H and O–H groups in total. The van der Waals surface area contributed by atoms with E-state index in [4.69, 9.17) is 4.74 Å². The molecule has 1 heterocycles. The fourth-order valence-corrected chi connectivity index (χ4v) is 1.87. The molecule has 0 aliphatic carbocycles. The number of aromatic nitrogens is 2. The fourth-order valence-electron chi connectivity index (χ4n) is 1.87. The average Bonchev–Trinajstić information content (AvgIpc) is 3.00. The van der Waals surface area contributed by atoms with Crippen LogP contribution >= 0.6 is 0 Å². The zero-order chi connectivity index (χ0) is 16.1. The first-order chi connectivity index (χ1) is 10.5. The molecular weight excluding hydrogens is 296 g/mol. The number of alkyl halides is 2. The molecule has 22 heavy (non-hydrogen) atoms. The predicted molar refractivity (Wildman–Crippen MR) is 74.1 cm³/mol. The van der Waals surface area contributed by atoms with Gasteiger partial charge in [0.2, 0.25) is 0 Å². The Labute approximate surface area is 125 Å². The van der Waals surface area contributed by atoms with Gasteiger partial charge in [0.1, 0.15) is 0 Å². The second-order valence-electron chi connectivity index (χ2n) is 4.47. The van der Waals surface area contributed by atoms with Gasteiger partial charge in [0, 0.05) is 17.3 Å². The van der Waals surface area contributed by atoms with Crippen LogP contribution < -0.4 is 14.8 Å². The van der Waals surface area contributed by atoms with E-state index in [1.165, 1.54) is 25.3 Å². The van der Waals surface area contributed by atoms with Crippen molar-refractivity contribution in [2.24, 2.45) is 0 Å². The number of nitrogens with zero attached hydrogens (tertiary/aromatic N) is 1. The molecule has 0 fully saturated rings. The summed E-state index contributed by atoms with van der Waals surface area (Å²) in [5.74, 6) is -0.490. The van der Waals surface area contributed by atoms with Crippen LogP contribution in [-0.2, 0) is 0 Å². The maximum absolute atomic E-state index is 12.4. The van der Waals surface area contributed by atoms with E-state index in [0.717, 1.165) is 5.56 Å². The molecule has 1 atom stereocenters. The third-order valence-electron chi connectivity index (χ3n) is 3.01. The Kier molecular flexibility index (Phi) is 4.92. The Morgan fingerprint density at radius 2 is 2.14 bits per heavy atom. The Morgan fingerprint density at radius 3 is 2.73 bits per heavy atom. The Morgan fingerprint density at radius 1 is 1.36 bits per heavy atom. The SMILES string of the molecule is COc1ccc(C(=O)N[C@@H](C)c2cn[nH]c2)cc1OC(F)F. The molecule has 0 unspecified atom stereocenters. The third-order valence-corrected chi connectivity index (χ3v) is 3.01. The summed E-state index contributed by atoms with van der Waals surface area (Å²) in [4.78, 5) is 12.2. The summed E-state index contributed by atoms with van der Waals surface area (Å²) in [6.45, 7) is -1.22. The third kappa shape index (κ3) is 3.72. The van der Waals surface area contributed by atoms with Crippen molar-refractivity contribution in [2.45, 2.75) is 19.6 Å². The van der Waals surface area contributed by atoms with Gasteiger partial charge in [-0.15, -0.1) is 0 Å². The molecular formula is C14H15F2N3O3. The van der Waals surface area contributed by atoms with Gasteiger partial charge in [-0.25, -0.2) is 0 Å². The summed E-state index contributed by atoms with van der Waals surface area (Å²) in [6, 6.07) is 3.79. The van der Waals surface area contributed by atoms with Gasteiger partial charge in [-0.05, 0) is 25.1 Å². The first-order valence-electron chi connectivity index (χ1n) is 6.43. The van der Waals surface area contributed by atoms with E-state index >= 15 is 0 Å². The van der Waals surface area contributed by atoms with Gasteiger partial charge in [-0.3, -0.25) is 9.89 Å². The molecule has 0 spiro atoms. The molecule has 1 aromatic carbocycles. The monoisotopic (exact) mass is 311 g/mol. The van der Waals surface area contributed by atoms with E-state index < -0.39 is 12.5 Å². The highest BCUT2D eigenvalue weighted by Gasteiger charge is 2.16. The summed E-state index contributed by atoms with van der Waals surface area (Å²) in [6.07, 6.45) is 3.24. The number of aromatic amines is 1. The van der Waals surface area contributed by atoms with Crippen molar-refractivity contribution in [3.63, 3.8) is 0 Å². The van der Waals surface area contributed by atoms with Crippen molar-refractivity contribution in [1.29, 1.82) is 0 Å². The van der Waals surface area contributed by atoms with Gasteiger partial charge in [0.25, 0.3) is 5.91 Å². The summed E-state index contributed by atoms with van der Waals surface area (Å²) in [5, 5.41) is 9.18. The smallest absolute Gasteiger partial charge is 0.387 e. The highest BCUT2D eigenvalue weighted by Crippen LogP contribution is 2.29. The van der Waals surface area contributed by atoms with Gasteiger partial charge in [-0.1, -0.05) is 0 Å². The van der Waals surface area contributed by atoms with E-state index in [2.05, 4.69) is 20.3 Å². The van der Waals surface area contributed by atoms with Gasteiger partial charge in [0.05, 0.1) is 19.3 Å². The maximum Gasteiger partial charge on any atom is 0.387 e. The molecule has 118 valence electrons. The number of benzene rings is 1. The zero-order valence-corrected chi connectivity index (χ0v) is 12.0. The van der Waals surface area contributed by atoms with Crippen LogP contribution in [0.3, 0.4) is 0 Å². The predicted octanol–water partition coefficient (Wildman–Crippen LogP) is 2.51. The number of rotatable bonds is 6. The summed E-state index contributed by atoms with van der Waals surface area (Å²) >= 11 is 0. The van der Waals surface area contributed by atoms with Crippen LogP contribution in [-0.4, -0.2) is 29.8 Å². The fraction of sp³-hybridized carbons (Fsp3) is 0.286. The van der Waals surface area contributed by atoms with Crippen molar-refractivity contribution in [3.8, 4) is 11.5 Å². The van der Waals surface area contributed by atoms with E-state index in [1.54, 1.807) is 19.3 Å². The number of halogens is 2. The van der Waals surface area contributed by atoms with E-state index in [0.29, 0.717) is 0 Å². The summed E-state index contributed by atoms with van der Waals surface area (Å²) in [7, 11) is 1.33. The van der Waals surface area contributed by atoms with Crippen LogP contribution in [0.1, 0.15) is 28.9 Å². The molecule has 6 nitrogen and oxygen atoms in total. The van der Waals surface area contributed by atoms with E-state index in [1.807, 2.05) is 0 Å². The number of methoxy groups -OCH3 is 1. The quantitative estimate of drug-likeness (QED) is 0.859. The van der Waals surface area contributed by atoms with Gasteiger partial charge < -0.3 is 14.8 Å². The molecule has 2 rings (SSSR count). The molecule has 2 aromatic rings. The average molecular weight is 311 g/mol. The topological polar surface area (TPSA) is 76.2 Å². The molecule has 0 bridgehead atoms. The van der Waals surface area contributed by atoms with Crippen molar-refractivity contribution in [2.75, 3.05) is 7.11 Å². The molecule has 0 aliphatic heterocycles. The second-order valence-corrected chi connectivity index (χ2v) is 4.47.